The first-order valence-corrected chi connectivity index (χ1v) is 6.51. The number of hydrogen-bond acceptors (Lipinski definition) is 5. The first kappa shape index (κ1) is 15.2. The van der Waals surface area contributed by atoms with E-state index in [0.717, 1.165) is 11.6 Å². The highest BCUT2D eigenvalue weighted by Crippen LogP contribution is 2.16. The van der Waals surface area contributed by atoms with Crippen LogP contribution in [0, 0.1) is 6.92 Å². The summed E-state index contributed by atoms with van der Waals surface area (Å²) < 4.78 is 0. The Balaban J connectivity index is 2.27. The highest BCUT2D eigenvalue weighted by atomic mass is 16.4. The summed E-state index contributed by atoms with van der Waals surface area (Å²) >= 11 is 0. The van der Waals surface area contributed by atoms with Gasteiger partial charge in [-0.15, -0.1) is 0 Å². The third-order valence-corrected chi connectivity index (χ3v) is 2.93. The Morgan fingerprint density at radius 2 is 1.91 bits per heavy atom. The van der Waals surface area contributed by atoms with Gasteiger partial charge in [0.2, 0.25) is 0 Å². The van der Waals surface area contributed by atoms with Crippen LogP contribution < -0.4 is 11.1 Å². The number of nitrogens with two attached hydrogens (primary N) is 1. The zero-order chi connectivity index (χ0) is 16.1. The van der Waals surface area contributed by atoms with Gasteiger partial charge in [0.05, 0.1) is 5.69 Å². The molecule has 0 radical (unpaired) electrons. The Hall–Kier alpha value is -3.15. The lowest BCUT2D eigenvalue weighted by atomic mass is 10.1. The molecule has 0 fully saturated rings. The van der Waals surface area contributed by atoms with Crippen LogP contribution in [0.4, 0.5) is 11.5 Å². The monoisotopic (exact) mass is 297 g/mol. The van der Waals surface area contributed by atoms with Gasteiger partial charge in [-0.05, 0) is 19.1 Å². The van der Waals surface area contributed by atoms with Crippen molar-refractivity contribution in [2.45, 2.75) is 6.92 Å². The number of carbonyl (C=O) groups excluding carboxylic acids is 1. The molecule has 2 aromatic rings. The largest absolute Gasteiger partial charge is 0.477 e. The molecule has 1 heterocycles. The Bertz CT molecular complexity index is 737. The number of allylic oxidation sites excluding steroid dienone is 1. The number of rotatable bonds is 5. The topological polar surface area (TPSA) is 105 Å². The van der Waals surface area contributed by atoms with Crippen LogP contribution in [0.5, 0.6) is 0 Å². The maximum absolute atomic E-state index is 12.1. The molecule has 6 nitrogen and oxygen atoms in total. The molecule has 0 atom stereocenters. The highest BCUT2D eigenvalue weighted by molar-refractivity contribution is 6.09. The lowest BCUT2D eigenvalue weighted by Crippen LogP contribution is -2.14. The van der Waals surface area contributed by atoms with E-state index in [1.54, 1.807) is 36.4 Å². The van der Waals surface area contributed by atoms with Gasteiger partial charge in [-0.1, -0.05) is 29.8 Å². The summed E-state index contributed by atoms with van der Waals surface area (Å²) in [7, 11) is 0. The molecule has 112 valence electrons. The molecule has 0 aliphatic carbocycles. The number of hydrogen-bond donors (Lipinski definition) is 3. The number of aliphatic carboxylic acids is 1. The molecule has 0 aliphatic rings. The van der Waals surface area contributed by atoms with Crippen molar-refractivity contribution in [3.63, 3.8) is 0 Å². The first-order valence-electron chi connectivity index (χ1n) is 6.51. The van der Waals surface area contributed by atoms with Gasteiger partial charge in [0.1, 0.15) is 5.70 Å². The number of aromatic nitrogens is 1. The summed E-state index contributed by atoms with van der Waals surface area (Å²) in [6, 6.07) is 10.1. The number of nitrogen functional groups attached to an aromatic ring is 1. The number of pyridine rings is 1. The fraction of sp³-hybridized carbons (Fsp3) is 0.0625. The number of anilines is 2. The minimum atomic E-state index is -1.27. The number of nitrogens with zero attached hydrogens (tertiary/aromatic N) is 1. The lowest BCUT2D eigenvalue weighted by molar-refractivity contribution is -0.132. The molecule has 1 aromatic carbocycles. The van der Waals surface area contributed by atoms with E-state index in [1.165, 1.54) is 6.20 Å². The molecule has 4 N–H and O–H groups in total. The quantitative estimate of drug-likeness (QED) is 0.577. The van der Waals surface area contributed by atoms with Crippen molar-refractivity contribution >= 4 is 23.3 Å². The Labute approximate surface area is 127 Å². The average Bonchev–Trinajstić information content (AvgIpc) is 2.49. The molecule has 0 amide bonds. The van der Waals surface area contributed by atoms with Crippen LogP contribution in [0.2, 0.25) is 0 Å². The Morgan fingerprint density at radius 3 is 2.50 bits per heavy atom. The van der Waals surface area contributed by atoms with Gasteiger partial charge < -0.3 is 16.2 Å². The third-order valence-electron chi connectivity index (χ3n) is 2.93. The minimum absolute atomic E-state index is 0.188. The molecule has 6 heteroatoms. The van der Waals surface area contributed by atoms with Crippen molar-refractivity contribution in [2.24, 2.45) is 0 Å². The van der Waals surface area contributed by atoms with E-state index in [1.807, 2.05) is 6.92 Å². The van der Waals surface area contributed by atoms with E-state index >= 15 is 0 Å². The van der Waals surface area contributed by atoms with E-state index in [-0.39, 0.29) is 17.2 Å². The number of carboxylic acids is 1. The summed E-state index contributed by atoms with van der Waals surface area (Å²) in [4.78, 5) is 27.3. The first-order chi connectivity index (χ1) is 10.5. The van der Waals surface area contributed by atoms with Gasteiger partial charge in [-0.3, -0.25) is 4.79 Å². The third kappa shape index (κ3) is 3.69. The van der Waals surface area contributed by atoms with Crippen molar-refractivity contribution < 1.29 is 14.7 Å². The van der Waals surface area contributed by atoms with E-state index in [2.05, 4.69) is 10.3 Å². The van der Waals surface area contributed by atoms with Gasteiger partial charge in [0, 0.05) is 17.8 Å². The summed E-state index contributed by atoms with van der Waals surface area (Å²) in [5.74, 6) is -1.50. The zero-order valence-electron chi connectivity index (χ0n) is 11.9. The number of ketones is 1. The number of benzene rings is 1. The van der Waals surface area contributed by atoms with E-state index in [4.69, 9.17) is 5.73 Å². The predicted octanol–water partition coefficient (Wildman–Crippen LogP) is 2.24. The second-order valence-corrected chi connectivity index (χ2v) is 4.66. The molecule has 0 unspecified atom stereocenters. The van der Waals surface area contributed by atoms with Gasteiger partial charge in [0.15, 0.2) is 11.6 Å². The zero-order valence-corrected chi connectivity index (χ0v) is 11.9. The summed E-state index contributed by atoms with van der Waals surface area (Å²) in [6.45, 7) is 1.90. The van der Waals surface area contributed by atoms with E-state index in [9.17, 15) is 14.7 Å². The van der Waals surface area contributed by atoms with Crippen molar-refractivity contribution in [2.75, 3.05) is 11.1 Å². The average molecular weight is 297 g/mol. The molecular formula is C16H15N3O3. The van der Waals surface area contributed by atoms with Crippen LogP contribution in [-0.2, 0) is 4.79 Å². The molecule has 0 saturated heterocycles. The summed E-state index contributed by atoms with van der Waals surface area (Å²) in [5, 5.41) is 11.8. The van der Waals surface area contributed by atoms with Crippen LogP contribution in [0.3, 0.4) is 0 Å². The van der Waals surface area contributed by atoms with Gasteiger partial charge in [-0.25, -0.2) is 9.78 Å². The maximum atomic E-state index is 12.1. The standard InChI is InChI=1S/C16H15N3O3/c1-10-4-6-11(7-5-10)14(20)9-13(16(21)22)19-15-12(17)3-2-8-18-15/h2-9H,17H2,1H3,(H,18,19)(H,21,22)/b13-9+. The minimum Gasteiger partial charge on any atom is -0.477 e. The van der Waals surface area contributed by atoms with E-state index in [0.29, 0.717) is 5.56 Å². The fourth-order valence-electron chi connectivity index (χ4n) is 1.73. The molecule has 2 rings (SSSR count). The second kappa shape index (κ2) is 6.53. The number of nitrogens with one attached hydrogen (secondary N) is 1. The highest BCUT2D eigenvalue weighted by Gasteiger charge is 2.13. The maximum Gasteiger partial charge on any atom is 0.352 e. The molecular weight excluding hydrogens is 282 g/mol. The van der Waals surface area contributed by atoms with Crippen LogP contribution >= 0.6 is 0 Å². The lowest BCUT2D eigenvalue weighted by Gasteiger charge is -2.08. The van der Waals surface area contributed by atoms with Crippen molar-refractivity contribution in [1.82, 2.24) is 4.98 Å². The molecule has 0 saturated carbocycles. The van der Waals surface area contributed by atoms with Crippen molar-refractivity contribution in [1.29, 1.82) is 0 Å². The van der Waals surface area contributed by atoms with Crippen molar-refractivity contribution in [3.05, 3.63) is 65.5 Å². The SMILES string of the molecule is Cc1ccc(C(=O)/C=C(/Nc2ncccc2N)C(=O)O)cc1. The molecule has 22 heavy (non-hydrogen) atoms. The molecule has 1 aromatic heterocycles. The van der Waals surface area contributed by atoms with Crippen LogP contribution in [-0.4, -0.2) is 21.8 Å². The molecule has 0 bridgehead atoms. The number of carboxylic acid groups (broad SMARTS) is 1. The van der Waals surface area contributed by atoms with Crippen LogP contribution in [0.25, 0.3) is 0 Å². The molecule has 0 aliphatic heterocycles. The second-order valence-electron chi connectivity index (χ2n) is 4.66. The smallest absolute Gasteiger partial charge is 0.352 e. The van der Waals surface area contributed by atoms with Gasteiger partial charge in [0.25, 0.3) is 0 Å². The summed E-state index contributed by atoms with van der Waals surface area (Å²) in [5.41, 5.74) is 7.11. The van der Waals surface area contributed by atoms with Gasteiger partial charge in [-0.2, -0.15) is 0 Å². The van der Waals surface area contributed by atoms with Gasteiger partial charge >= 0.3 is 5.97 Å². The van der Waals surface area contributed by atoms with Crippen molar-refractivity contribution in [3.8, 4) is 0 Å². The van der Waals surface area contributed by atoms with Crippen LogP contribution in [0.1, 0.15) is 15.9 Å². The molecule has 0 spiro atoms. The predicted molar refractivity (Wildman–Crippen MR) is 83.5 cm³/mol. The number of carbonyl (C=O) groups is 2. The fourth-order valence-corrected chi connectivity index (χ4v) is 1.73. The number of aryl methyl sites for hydroxylation is 1. The Morgan fingerprint density at radius 1 is 1.23 bits per heavy atom. The van der Waals surface area contributed by atoms with Crippen LogP contribution in [0.15, 0.2) is 54.4 Å². The summed E-state index contributed by atoms with van der Waals surface area (Å²) in [6.07, 6.45) is 2.49. The Kier molecular flexibility index (Phi) is 4.53. The normalized spacial score (nSPS) is 11.0. The van der Waals surface area contributed by atoms with E-state index < -0.39 is 11.8 Å².